The fourth-order valence-electron chi connectivity index (χ4n) is 4.20. The van der Waals surface area contributed by atoms with Gasteiger partial charge < -0.3 is 18.4 Å². The number of benzene rings is 2. The summed E-state index contributed by atoms with van der Waals surface area (Å²) in [5.41, 5.74) is 4.11. The van der Waals surface area contributed by atoms with Gasteiger partial charge in [-0.2, -0.15) is 0 Å². The molecule has 0 saturated heterocycles. The van der Waals surface area contributed by atoms with Crippen molar-refractivity contribution in [3.05, 3.63) is 89.1 Å². The van der Waals surface area contributed by atoms with Crippen LogP contribution in [0.3, 0.4) is 0 Å². The zero-order valence-corrected chi connectivity index (χ0v) is 24.8. The number of carbonyl (C=O) groups is 3. The third-order valence-electron chi connectivity index (χ3n) is 5.55. The fourth-order valence-corrected chi connectivity index (χ4v) is 6.89. The number of phenolic OH excluding ortho intramolecular Hbond substituents is 1. The molecule has 0 heterocycles. The lowest BCUT2D eigenvalue weighted by atomic mass is 9.96. The zero-order valence-electron chi connectivity index (χ0n) is 23.8. The van der Waals surface area contributed by atoms with Crippen LogP contribution in [0.1, 0.15) is 59.1 Å². The Morgan fingerprint density at radius 1 is 0.744 bits per heavy atom. The van der Waals surface area contributed by atoms with Crippen LogP contribution in [0, 0.1) is 6.92 Å². The van der Waals surface area contributed by atoms with Gasteiger partial charge in [0.05, 0.1) is 23.3 Å². The molecule has 0 saturated carbocycles. The van der Waals surface area contributed by atoms with E-state index in [0.29, 0.717) is 36.2 Å². The summed E-state index contributed by atoms with van der Waals surface area (Å²) in [5.74, 6) is 0.461. The standard InChI is InChI=1S/C31H38O7Si/c1-21-10-12-28(13-11-21)31-15-14-30(35)20-29(31)9-8-16-39(36-25(5)17-22(2)32,37-26(6)18-23(3)33)38-27(7)19-24(4)34/h10-15,17-20,35H,8-9,16H2,1-7H3. The molecule has 0 spiro atoms. The second-order valence-electron chi connectivity index (χ2n) is 9.65. The summed E-state index contributed by atoms with van der Waals surface area (Å²) in [5, 5.41) is 10.2. The number of allylic oxidation sites excluding steroid dienone is 6. The predicted octanol–water partition coefficient (Wildman–Crippen LogP) is 6.77. The maximum Gasteiger partial charge on any atom is 0.698 e. The van der Waals surface area contributed by atoms with Gasteiger partial charge in [-0.15, -0.1) is 0 Å². The molecular weight excluding hydrogens is 512 g/mol. The number of rotatable bonds is 14. The Labute approximate surface area is 232 Å². The summed E-state index contributed by atoms with van der Waals surface area (Å²) in [7, 11) is -3.68. The minimum absolute atomic E-state index is 0.161. The summed E-state index contributed by atoms with van der Waals surface area (Å²) in [6, 6.07) is 13.8. The smallest absolute Gasteiger partial charge is 0.508 e. The highest BCUT2D eigenvalue weighted by Crippen LogP contribution is 2.32. The third-order valence-corrected chi connectivity index (χ3v) is 8.41. The van der Waals surface area contributed by atoms with Crippen LogP contribution in [0.5, 0.6) is 5.75 Å². The van der Waals surface area contributed by atoms with Gasteiger partial charge in [0.15, 0.2) is 17.3 Å². The van der Waals surface area contributed by atoms with Crippen molar-refractivity contribution >= 4 is 26.2 Å². The first-order valence-corrected chi connectivity index (χ1v) is 14.7. The molecule has 0 aliphatic heterocycles. The van der Waals surface area contributed by atoms with Crippen molar-refractivity contribution in [3.63, 3.8) is 0 Å². The van der Waals surface area contributed by atoms with E-state index >= 15 is 0 Å². The van der Waals surface area contributed by atoms with Gasteiger partial charge in [0, 0.05) is 18.2 Å². The first kappa shape index (κ1) is 31.3. The van der Waals surface area contributed by atoms with Crippen LogP contribution < -0.4 is 0 Å². The van der Waals surface area contributed by atoms with Crippen LogP contribution in [0.15, 0.2) is 78.0 Å². The lowest BCUT2D eigenvalue weighted by molar-refractivity contribution is -0.113. The normalized spacial score (nSPS) is 13.9. The van der Waals surface area contributed by atoms with Gasteiger partial charge >= 0.3 is 8.80 Å². The monoisotopic (exact) mass is 550 g/mol. The highest BCUT2D eigenvalue weighted by atomic mass is 28.4. The largest absolute Gasteiger partial charge is 0.698 e. The Kier molecular flexibility index (Phi) is 11.5. The Morgan fingerprint density at radius 2 is 1.21 bits per heavy atom. The molecule has 2 aromatic rings. The van der Waals surface area contributed by atoms with Crippen LogP contribution >= 0.6 is 0 Å². The predicted molar refractivity (Wildman–Crippen MR) is 154 cm³/mol. The molecule has 0 aromatic heterocycles. The van der Waals surface area contributed by atoms with Crippen molar-refractivity contribution in [1.29, 1.82) is 0 Å². The Hall–Kier alpha value is -3.91. The number of carbonyl (C=O) groups excluding carboxylic acids is 3. The summed E-state index contributed by atoms with van der Waals surface area (Å²) in [6.07, 6.45) is 5.11. The van der Waals surface area contributed by atoms with E-state index in [2.05, 4.69) is 0 Å². The Balaban J connectivity index is 2.47. The van der Waals surface area contributed by atoms with Crippen molar-refractivity contribution < 1.29 is 32.8 Å². The average Bonchev–Trinajstić information content (AvgIpc) is 2.78. The van der Waals surface area contributed by atoms with E-state index < -0.39 is 8.80 Å². The number of aryl methyl sites for hydroxylation is 2. The van der Waals surface area contributed by atoms with E-state index in [4.69, 9.17) is 13.3 Å². The Bertz CT molecular complexity index is 1210. The number of ketones is 3. The average molecular weight is 551 g/mol. The molecule has 0 unspecified atom stereocenters. The maximum absolute atomic E-state index is 11.7. The lowest BCUT2D eigenvalue weighted by Gasteiger charge is -2.31. The SMILES string of the molecule is CC(=O)C=C(C)O[Si](CCCc1cc(O)ccc1-c1ccc(C)cc1)(OC(C)=CC(C)=O)OC(C)=CC(C)=O. The van der Waals surface area contributed by atoms with Crippen LogP contribution in [0.4, 0.5) is 0 Å². The van der Waals surface area contributed by atoms with Gasteiger partial charge in [0.1, 0.15) is 5.75 Å². The molecule has 39 heavy (non-hydrogen) atoms. The van der Waals surface area contributed by atoms with Crippen molar-refractivity contribution in [2.45, 2.75) is 67.4 Å². The van der Waals surface area contributed by atoms with Gasteiger partial charge in [-0.05, 0) is 90.1 Å². The van der Waals surface area contributed by atoms with E-state index in [1.165, 1.54) is 39.0 Å². The fraction of sp³-hybridized carbons (Fsp3) is 0.323. The molecule has 2 aromatic carbocycles. The molecule has 208 valence electrons. The van der Waals surface area contributed by atoms with E-state index in [0.717, 1.165) is 22.3 Å². The molecule has 0 aliphatic rings. The van der Waals surface area contributed by atoms with Crippen LogP contribution in [-0.4, -0.2) is 31.3 Å². The number of hydrogen-bond donors (Lipinski definition) is 1. The second-order valence-corrected chi connectivity index (χ2v) is 12.1. The van der Waals surface area contributed by atoms with E-state index in [-0.39, 0.29) is 23.1 Å². The van der Waals surface area contributed by atoms with Crippen LogP contribution in [-0.2, 0) is 34.1 Å². The quantitative estimate of drug-likeness (QED) is 0.157. The van der Waals surface area contributed by atoms with Crippen molar-refractivity contribution in [3.8, 4) is 16.9 Å². The van der Waals surface area contributed by atoms with Crippen molar-refractivity contribution in [1.82, 2.24) is 0 Å². The topological polar surface area (TPSA) is 99.1 Å². The van der Waals surface area contributed by atoms with E-state index in [1.54, 1.807) is 32.9 Å². The maximum atomic E-state index is 11.7. The summed E-state index contributed by atoms with van der Waals surface area (Å²) in [4.78, 5) is 35.2. The Morgan fingerprint density at radius 3 is 1.64 bits per heavy atom. The summed E-state index contributed by atoms with van der Waals surface area (Å²) >= 11 is 0. The van der Waals surface area contributed by atoms with E-state index in [9.17, 15) is 19.5 Å². The molecular formula is C31H38O7Si. The molecule has 2 rings (SSSR count). The summed E-state index contributed by atoms with van der Waals surface area (Å²) in [6.45, 7) is 11.2. The first-order valence-electron chi connectivity index (χ1n) is 12.8. The number of hydrogen-bond acceptors (Lipinski definition) is 7. The summed E-state index contributed by atoms with van der Waals surface area (Å²) < 4.78 is 18.7. The molecule has 1 N–H and O–H groups in total. The number of phenols is 1. The molecule has 0 aliphatic carbocycles. The van der Waals surface area contributed by atoms with Crippen molar-refractivity contribution in [2.75, 3.05) is 0 Å². The third kappa shape index (κ3) is 10.8. The molecule has 0 bridgehead atoms. The molecule has 0 radical (unpaired) electrons. The van der Waals surface area contributed by atoms with Gasteiger partial charge in [-0.25, -0.2) is 0 Å². The second kappa shape index (κ2) is 14.3. The van der Waals surface area contributed by atoms with Crippen LogP contribution in [0.2, 0.25) is 6.04 Å². The molecule has 0 atom stereocenters. The van der Waals surface area contributed by atoms with Crippen LogP contribution in [0.25, 0.3) is 11.1 Å². The highest BCUT2D eigenvalue weighted by Gasteiger charge is 2.49. The molecule has 7 nitrogen and oxygen atoms in total. The molecule has 0 fully saturated rings. The van der Waals surface area contributed by atoms with Crippen molar-refractivity contribution in [2.24, 2.45) is 0 Å². The van der Waals surface area contributed by atoms with Gasteiger partial charge in [0.25, 0.3) is 0 Å². The number of aromatic hydroxyl groups is 1. The highest BCUT2D eigenvalue weighted by molar-refractivity contribution is 6.61. The zero-order chi connectivity index (χ0) is 29.2. The van der Waals surface area contributed by atoms with Gasteiger partial charge in [-0.1, -0.05) is 35.9 Å². The minimum Gasteiger partial charge on any atom is -0.508 e. The van der Waals surface area contributed by atoms with E-state index in [1.807, 2.05) is 37.3 Å². The van der Waals surface area contributed by atoms with Gasteiger partial charge in [0.2, 0.25) is 0 Å². The van der Waals surface area contributed by atoms with Gasteiger partial charge in [-0.3, -0.25) is 14.4 Å². The minimum atomic E-state index is -3.68. The first-order chi connectivity index (χ1) is 18.3. The molecule has 0 amide bonds. The molecule has 8 heteroatoms. The lowest BCUT2D eigenvalue weighted by Crippen LogP contribution is -2.44.